The summed E-state index contributed by atoms with van der Waals surface area (Å²) in [6.07, 6.45) is 4.76. The zero-order valence-electron chi connectivity index (χ0n) is 12.2. The van der Waals surface area contributed by atoms with Gasteiger partial charge >= 0.3 is 0 Å². The van der Waals surface area contributed by atoms with E-state index in [4.69, 9.17) is 4.99 Å². The summed E-state index contributed by atoms with van der Waals surface area (Å²) in [6, 6.07) is 20.2. The Balaban J connectivity index is 1.85. The molecule has 0 aliphatic rings. The lowest BCUT2D eigenvalue weighted by molar-refractivity contribution is -0.604. The molecule has 0 amide bonds. The molecule has 4 nitrogen and oxygen atoms in total. The standard InChI is InChI=1S/C18H17N3O/c22-21-12-11-20(15-21)14-18(17-9-5-2-6-10-17)19-13-16-7-3-1-4-8-16/h1-12,15H,13-14H2. The molecule has 110 valence electrons. The lowest BCUT2D eigenvalue weighted by Crippen LogP contribution is -2.22. The first-order chi connectivity index (χ1) is 10.8. The molecule has 3 aromatic rings. The van der Waals surface area contributed by atoms with E-state index in [1.165, 1.54) is 18.1 Å². The van der Waals surface area contributed by atoms with Gasteiger partial charge in [-0.1, -0.05) is 60.7 Å². The first-order valence-electron chi connectivity index (χ1n) is 7.18. The van der Waals surface area contributed by atoms with Crippen LogP contribution in [0.25, 0.3) is 0 Å². The molecule has 0 aliphatic heterocycles. The first kappa shape index (κ1) is 14.1. The van der Waals surface area contributed by atoms with Gasteiger partial charge in [0.05, 0.1) is 12.3 Å². The Morgan fingerprint density at radius 1 is 1.00 bits per heavy atom. The van der Waals surface area contributed by atoms with Gasteiger partial charge in [-0.3, -0.25) is 4.99 Å². The normalized spacial score (nSPS) is 11.5. The zero-order chi connectivity index (χ0) is 15.2. The minimum atomic E-state index is 0.575. The Morgan fingerprint density at radius 3 is 2.32 bits per heavy atom. The number of nitrogens with zero attached hydrogens (tertiary/aromatic N) is 3. The Labute approximate surface area is 129 Å². The minimum absolute atomic E-state index is 0.575. The molecule has 0 spiro atoms. The Morgan fingerprint density at radius 2 is 1.68 bits per heavy atom. The molecule has 2 aromatic carbocycles. The maximum absolute atomic E-state index is 11.2. The molecule has 0 fully saturated rings. The van der Waals surface area contributed by atoms with Crippen LogP contribution in [0.3, 0.4) is 0 Å². The summed E-state index contributed by atoms with van der Waals surface area (Å²) in [7, 11) is 0. The highest BCUT2D eigenvalue weighted by atomic mass is 16.5. The van der Waals surface area contributed by atoms with Crippen molar-refractivity contribution in [2.24, 2.45) is 4.99 Å². The average molecular weight is 291 g/mol. The molecule has 0 saturated carbocycles. The summed E-state index contributed by atoms with van der Waals surface area (Å²) in [5.74, 6) is 0. The molecule has 0 radical (unpaired) electrons. The Hall–Kier alpha value is -2.88. The van der Waals surface area contributed by atoms with Crippen molar-refractivity contribution in [3.05, 3.63) is 95.7 Å². The van der Waals surface area contributed by atoms with E-state index in [-0.39, 0.29) is 0 Å². The van der Waals surface area contributed by atoms with Crippen LogP contribution >= 0.6 is 0 Å². The summed E-state index contributed by atoms with van der Waals surface area (Å²) in [5.41, 5.74) is 3.20. The van der Waals surface area contributed by atoms with E-state index in [1.54, 1.807) is 6.20 Å². The molecular formula is C18H17N3O. The van der Waals surface area contributed by atoms with Crippen LogP contribution < -0.4 is 4.73 Å². The largest absolute Gasteiger partial charge is 0.711 e. The number of hydrogen-bond donors (Lipinski definition) is 0. The van der Waals surface area contributed by atoms with Crippen molar-refractivity contribution in [3.8, 4) is 0 Å². The van der Waals surface area contributed by atoms with E-state index in [0.717, 1.165) is 16.0 Å². The highest BCUT2D eigenvalue weighted by Gasteiger charge is 2.08. The maximum atomic E-state index is 11.2. The fourth-order valence-corrected chi connectivity index (χ4v) is 2.27. The van der Waals surface area contributed by atoms with Crippen molar-refractivity contribution in [1.82, 2.24) is 4.57 Å². The van der Waals surface area contributed by atoms with Gasteiger partial charge in [0.15, 0.2) is 0 Å². The second-order valence-corrected chi connectivity index (χ2v) is 5.06. The number of aliphatic imine (C=N–C) groups is 1. The molecule has 1 aromatic heterocycles. The highest BCUT2D eigenvalue weighted by Crippen LogP contribution is 2.07. The molecule has 0 atom stereocenters. The summed E-state index contributed by atoms with van der Waals surface area (Å²) in [4.78, 5) is 4.75. The van der Waals surface area contributed by atoms with Gasteiger partial charge in [0.2, 0.25) is 6.33 Å². The minimum Gasteiger partial charge on any atom is -0.711 e. The van der Waals surface area contributed by atoms with Gasteiger partial charge in [-0.2, -0.15) is 0 Å². The monoisotopic (exact) mass is 291 g/mol. The summed E-state index contributed by atoms with van der Waals surface area (Å²) >= 11 is 0. The van der Waals surface area contributed by atoms with E-state index < -0.39 is 0 Å². The molecule has 0 N–H and O–H groups in total. The van der Waals surface area contributed by atoms with Crippen LogP contribution in [0.2, 0.25) is 0 Å². The number of benzene rings is 2. The molecule has 22 heavy (non-hydrogen) atoms. The van der Waals surface area contributed by atoms with Crippen molar-refractivity contribution < 1.29 is 4.73 Å². The van der Waals surface area contributed by atoms with Gasteiger partial charge in [0.1, 0.15) is 18.9 Å². The van der Waals surface area contributed by atoms with E-state index in [0.29, 0.717) is 13.1 Å². The van der Waals surface area contributed by atoms with E-state index in [2.05, 4.69) is 12.1 Å². The van der Waals surface area contributed by atoms with E-state index >= 15 is 0 Å². The van der Waals surface area contributed by atoms with E-state index in [1.807, 2.05) is 53.1 Å². The molecule has 3 rings (SSSR count). The summed E-state index contributed by atoms with van der Waals surface area (Å²) in [6.45, 7) is 1.20. The fourth-order valence-electron chi connectivity index (χ4n) is 2.27. The van der Waals surface area contributed by atoms with Crippen molar-refractivity contribution in [3.63, 3.8) is 0 Å². The zero-order valence-corrected chi connectivity index (χ0v) is 12.2. The van der Waals surface area contributed by atoms with Gasteiger partial charge in [-0.25, -0.2) is 9.30 Å². The third-order valence-electron chi connectivity index (χ3n) is 3.40. The van der Waals surface area contributed by atoms with Gasteiger partial charge in [-0.15, -0.1) is 0 Å². The van der Waals surface area contributed by atoms with Crippen molar-refractivity contribution >= 4 is 5.71 Å². The number of aromatic nitrogens is 2. The van der Waals surface area contributed by atoms with Crippen LogP contribution in [0.1, 0.15) is 11.1 Å². The number of hydrogen-bond acceptors (Lipinski definition) is 2. The SMILES string of the molecule is [O-][n+]1ccn(CC(=NCc2ccccc2)c2ccccc2)c1. The van der Waals surface area contributed by atoms with Crippen LogP contribution in [-0.4, -0.2) is 10.3 Å². The third-order valence-corrected chi connectivity index (χ3v) is 3.40. The maximum Gasteiger partial charge on any atom is 0.247 e. The topological polar surface area (TPSA) is 44.2 Å². The Kier molecular flexibility index (Phi) is 4.30. The van der Waals surface area contributed by atoms with Gasteiger partial charge in [-0.05, 0) is 11.1 Å². The first-order valence-corrected chi connectivity index (χ1v) is 7.18. The molecule has 1 heterocycles. The molecular weight excluding hydrogens is 274 g/mol. The van der Waals surface area contributed by atoms with Crippen LogP contribution in [0.15, 0.2) is 84.4 Å². The smallest absolute Gasteiger partial charge is 0.247 e. The van der Waals surface area contributed by atoms with Gasteiger partial charge in [0.25, 0.3) is 0 Å². The van der Waals surface area contributed by atoms with Crippen LogP contribution in [0.5, 0.6) is 0 Å². The molecule has 0 saturated heterocycles. The Bertz CT molecular complexity index is 748. The van der Waals surface area contributed by atoms with Crippen molar-refractivity contribution in [2.75, 3.05) is 0 Å². The van der Waals surface area contributed by atoms with E-state index in [9.17, 15) is 5.21 Å². The van der Waals surface area contributed by atoms with Crippen LogP contribution in [-0.2, 0) is 13.1 Å². The van der Waals surface area contributed by atoms with Crippen molar-refractivity contribution in [1.29, 1.82) is 0 Å². The molecule has 0 bridgehead atoms. The predicted octanol–water partition coefficient (Wildman–Crippen LogP) is 2.81. The second-order valence-electron chi connectivity index (χ2n) is 5.06. The second kappa shape index (κ2) is 6.72. The van der Waals surface area contributed by atoms with Crippen molar-refractivity contribution in [2.45, 2.75) is 13.1 Å². The lowest BCUT2D eigenvalue weighted by Gasteiger charge is -2.06. The van der Waals surface area contributed by atoms with Gasteiger partial charge < -0.3 is 5.21 Å². The van der Waals surface area contributed by atoms with Crippen LogP contribution in [0.4, 0.5) is 0 Å². The summed E-state index contributed by atoms with van der Waals surface area (Å²) in [5, 5.41) is 11.2. The van der Waals surface area contributed by atoms with Crippen LogP contribution in [0, 0.1) is 5.21 Å². The van der Waals surface area contributed by atoms with Gasteiger partial charge in [0, 0.05) is 0 Å². The average Bonchev–Trinajstić information content (AvgIpc) is 2.98. The fraction of sp³-hybridized carbons (Fsp3) is 0.111. The third kappa shape index (κ3) is 3.61. The molecule has 0 unspecified atom stereocenters. The number of rotatable bonds is 5. The molecule has 4 heteroatoms. The predicted molar refractivity (Wildman–Crippen MR) is 86.5 cm³/mol. The number of imidazole rings is 1. The summed E-state index contributed by atoms with van der Waals surface area (Å²) < 4.78 is 2.63. The molecule has 0 aliphatic carbocycles. The lowest BCUT2D eigenvalue weighted by atomic mass is 10.1. The highest BCUT2D eigenvalue weighted by molar-refractivity contribution is 6.00. The quantitative estimate of drug-likeness (QED) is 0.405.